The third kappa shape index (κ3) is 2.44. The highest BCUT2D eigenvalue weighted by Gasteiger charge is 2.32. The Kier molecular flexibility index (Phi) is 3.00. The second-order valence-electron chi connectivity index (χ2n) is 3.62. The van der Waals surface area contributed by atoms with Crippen LogP contribution in [0.25, 0.3) is 0 Å². The lowest BCUT2D eigenvalue weighted by atomic mass is 10.3. The van der Waals surface area contributed by atoms with Gasteiger partial charge in [0.15, 0.2) is 0 Å². The molecule has 0 spiro atoms. The van der Waals surface area contributed by atoms with Gasteiger partial charge in [-0.3, -0.25) is 0 Å². The third-order valence-electron chi connectivity index (χ3n) is 2.47. The summed E-state index contributed by atoms with van der Waals surface area (Å²) in [5.74, 6) is 0.399. The number of alkyl halides is 3. The molecule has 1 aromatic rings. The van der Waals surface area contributed by atoms with Crippen LogP contribution in [0.4, 0.5) is 19.0 Å². The van der Waals surface area contributed by atoms with Crippen LogP contribution in [0.15, 0.2) is 18.2 Å². The molecule has 0 aromatic carbocycles. The molecule has 0 amide bonds. The summed E-state index contributed by atoms with van der Waals surface area (Å²) in [5.41, 5.74) is -0.830. The average molecular weight is 231 g/mol. The van der Waals surface area contributed by atoms with E-state index in [0.29, 0.717) is 18.9 Å². The van der Waals surface area contributed by atoms with Gasteiger partial charge in [-0.1, -0.05) is 6.07 Å². The summed E-state index contributed by atoms with van der Waals surface area (Å²) in [5, 5.41) is 3.14. The van der Waals surface area contributed by atoms with E-state index in [0.717, 1.165) is 19.2 Å². The maximum Gasteiger partial charge on any atom is 0.433 e. The summed E-state index contributed by atoms with van der Waals surface area (Å²) >= 11 is 0. The number of hydrogen-bond donors (Lipinski definition) is 1. The molecule has 1 aliphatic heterocycles. The van der Waals surface area contributed by atoms with Crippen LogP contribution in [0.1, 0.15) is 5.69 Å². The quantitative estimate of drug-likeness (QED) is 0.794. The number of anilines is 1. The monoisotopic (exact) mass is 231 g/mol. The number of hydrogen-bond acceptors (Lipinski definition) is 3. The minimum atomic E-state index is -4.37. The van der Waals surface area contributed by atoms with Crippen LogP contribution in [0, 0.1) is 0 Å². The number of halogens is 3. The predicted octanol–water partition coefficient (Wildman–Crippen LogP) is 1.51. The Morgan fingerprint density at radius 1 is 1.19 bits per heavy atom. The van der Waals surface area contributed by atoms with Gasteiger partial charge in [-0.25, -0.2) is 4.98 Å². The van der Waals surface area contributed by atoms with Gasteiger partial charge in [-0.05, 0) is 12.1 Å². The van der Waals surface area contributed by atoms with Gasteiger partial charge in [0.1, 0.15) is 11.5 Å². The molecule has 0 atom stereocenters. The van der Waals surface area contributed by atoms with Crippen molar-refractivity contribution >= 4 is 5.82 Å². The maximum atomic E-state index is 12.4. The van der Waals surface area contributed by atoms with Gasteiger partial charge in [-0.15, -0.1) is 0 Å². The van der Waals surface area contributed by atoms with Crippen LogP contribution < -0.4 is 10.2 Å². The van der Waals surface area contributed by atoms with Crippen molar-refractivity contribution in [3.8, 4) is 0 Å². The first-order chi connectivity index (χ1) is 7.57. The Balaban J connectivity index is 2.21. The highest BCUT2D eigenvalue weighted by Crippen LogP contribution is 2.28. The zero-order valence-electron chi connectivity index (χ0n) is 8.59. The summed E-state index contributed by atoms with van der Waals surface area (Å²) in [6.07, 6.45) is -4.37. The largest absolute Gasteiger partial charge is 0.433 e. The lowest BCUT2D eigenvalue weighted by Gasteiger charge is -2.28. The normalized spacial score (nSPS) is 17.6. The van der Waals surface area contributed by atoms with E-state index in [9.17, 15) is 13.2 Å². The lowest BCUT2D eigenvalue weighted by molar-refractivity contribution is -0.141. The van der Waals surface area contributed by atoms with Crippen LogP contribution in [0.3, 0.4) is 0 Å². The molecule has 0 bridgehead atoms. The van der Waals surface area contributed by atoms with Gasteiger partial charge in [-0.2, -0.15) is 13.2 Å². The summed E-state index contributed by atoms with van der Waals surface area (Å²) in [6, 6.07) is 4.00. The Morgan fingerprint density at radius 2 is 1.88 bits per heavy atom. The van der Waals surface area contributed by atoms with Crippen molar-refractivity contribution in [2.24, 2.45) is 0 Å². The second-order valence-corrected chi connectivity index (χ2v) is 3.62. The summed E-state index contributed by atoms with van der Waals surface area (Å²) in [6.45, 7) is 2.93. The first-order valence-electron chi connectivity index (χ1n) is 5.07. The third-order valence-corrected chi connectivity index (χ3v) is 2.47. The molecule has 0 saturated carbocycles. The Hall–Kier alpha value is -1.30. The average Bonchev–Trinajstić information content (AvgIpc) is 2.29. The number of nitrogens with one attached hydrogen (secondary N) is 1. The predicted molar refractivity (Wildman–Crippen MR) is 54.3 cm³/mol. The molecule has 6 heteroatoms. The van der Waals surface area contributed by atoms with Crippen molar-refractivity contribution in [2.45, 2.75) is 6.18 Å². The molecule has 0 radical (unpaired) electrons. The second kappa shape index (κ2) is 4.29. The standard InChI is InChI=1S/C10H12F3N3/c11-10(12,13)8-2-1-3-9(15-8)16-6-4-14-5-7-16/h1-3,14H,4-7H2. The molecule has 0 aliphatic carbocycles. The molecule has 1 fully saturated rings. The van der Waals surface area contributed by atoms with Gasteiger partial charge in [0.25, 0.3) is 0 Å². The van der Waals surface area contributed by atoms with E-state index in [2.05, 4.69) is 10.3 Å². The number of piperazine rings is 1. The first-order valence-corrected chi connectivity index (χ1v) is 5.07. The van der Waals surface area contributed by atoms with E-state index < -0.39 is 11.9 Å². The van der Waals surface area contributed by atoms with Crippen LogP contribution in [-0.2, 0) is 6.18 Å². The summed E-state index contributed by atoms with van der Waals surface area (Å²) in [7, 11) is 0. The minimum Gasteiger partial charge on any atom is -0.354 e. The van der Waals surface area contributed by atoms with Gasteiger partial charge >= 0.3 is 6.18 Å². The molecular weight excluding hydrogens is 219 g/mol. The summed E-state index contributed by atoms with van der Waals surface area (Å²) in [4.78, 5) is 5.49. The minimum absolute atomic E-state index is 0.399. The zero-order chi connectivity index (χ0) is 11.6. The van der Waals surface area contributed by atoms with E-state index in [1.54, 1.807) is 6.07 Å². The lowest BCUT2D eigenvalue weighted by Crippen LogP contribution is -2.44. The molecule has 1 N–H and O–H groups in total. The van der Waals surface area contributed by atoms with Crippen LogP contribution in [-0.4, -0.2) is 31.2 Å². The Labute approximate surface area is 91.3 Å². The van der Waals surface area contributed by atoms with Crippen molar-refractivity contribution in [1.29, 1.82) is 0 Å². The highest BCUT2D eigenvalue weighted by molar-refractivity contribution is 5.40. The van der Waals surface area contributed by atoms with Crippen LogP contribution in [0.5, 0.6) is 0 Å². The van der Waals surface area contributed by atoms with E-state index in [1.807, 2.05) is 4.90 Å². The summed E-state index contributed by atoms with van der Waals surface area (Å²) < 4.78 is 37.3. The molecule has 0 unspecified atom stereocenters. The maximum absolute atomic E-state index is 12.4. The van der Waals surface area contributed by atoms with Crippen molar-refractivity contribution < 1.29 is 13.2 Å². The van der Waals surface area contributed by atoms with Crippen LogP contribution in [0.2, 0.25) is 0 Å². The van der Waals surface area contributed by atoms with Crippen LogP contribution >= 0.6 is 0 Å². The molecule has 3 nitrogen and oxygen atoms in total. The van der Waals surface area contributed by atoms with Gasteiger partial charge in [0.2, 0.25) is 0 Å². The topological polar surface area (TPSA) is 28.2 Å². The van der Waals surface area contributed by atoms with Crippen molar-refractivity contribution in [1.82, 2.24) is 10.3 Å². The van der Waals surface area contributed by atoms with Crippen molar-refractivity contribution in [3.63, 3.8) is 0 Å². The smallest absolute Gasteiger partial charge is 0.354 e. The van der Waals surface area contributed by atoms with Crippen molar-refractivity contribution in [3.05, 3.63) is 23.9 Å². The molecule has 1 aliphatic rings. The van der Waals surface area contributed by atoms with Gasteiger partial charge in [0.05, 0.1) is 0 Å². The van der Waals surface area contributed by atoms with Gasteiger partial charge < -0.3 is 10.2 Å². The molecule has 2 rings (SSSR count). The number of rotatable bonds is 1. The number of pyridine rings is 1. The molecule has 1 aromatic heterocycles. The highest BCUT2D eigenvalue weighted by atomic mass is 19.4. The first kappa shape index (κ1) is 11.2. The number of aromatic nitrogens is 1. The fraction of sp³-hybridized carbons (Fsp3) is 0.500. The van der Waals surface area contributed by atoms with E-state index in [-0.39, 0.29) is 0 Å². The molecule has 88 valence electrons. The SMILES string of the molecule is FC(F)(F)c1cccc(N2CCNCC2)n1. The van der Waals surface area contributed by atoms with E-state index in [4.69, 9.17) is 0 Å². The Bertz CT molecular complexity index is 359. The van der Waals surface area contributed by atoms with Gasteiger partial charge in [0, 0.05) is 26.2 Å². The van der Waals surface area contributed by atoms with E-state index in [1.165, 1.54) is 6.07 Å². The fourth-order valence-electron chi connectivity index (χ4n) is 1.65. The van der Waals surface area contributed by atoms with Crippen molar-refractivity contribution in [2.75, 3.05) is 31.1 Å². The number of nitrogens with zero attached hydrogens (tertiary/aromatic N) is 2. The Morgan fingerprint density at radius 3 is 2.50 bits per heavy atom. The molecular formula is C10H12F3N3. The molecule has 1 saturated heterocycles. The zero-order valence-corrected chi connectivity index (χ0v) is 8.59. The molecule has 16 heavy (non-hydrogen) atoms. The fourth-order valence-corrected chi connectivity index (χ4v) is 1.65. The molecule has 2 heterocycles. The van der Waals surface area contributed by atoms with E-state index >= 15 is 0 Å².